The lowest BCUT2D eigenvalue weighted by Crippen LogP contribution is -2.42. The fourth-order valence-corrected chi connectivity index (χ4v) is 5.77. The molecular formula is C27H32N4O3. The molecule has 2 N–H and O–H groups in total. The minimum Gasteiger partial charge on any atom is -0.338 e. The van der Waals surface area contributed by atoms with Crippen molar-refractivity contribution in [1.82, 2.24) is 14.5 Å². The Labute approximate surface area is 199 Å². The number of amides is 2. The lowest BCUT2D eigenvalue weighted by molar-refractivity contribution is 0.0624. The van der Waals surface area contributed by atoms with Gasteiger partial charge in [0, 0.05) is 24.7 Å². The van der Waals surface area contributed by atoms with Gasteiger partial charge in [0.25, 0.3) is 11.8 Å². The third kappa shape index (κ3) is 4.27. The molecule has 2 unspecified atom stereocenters. The van der Waals surface area contributed by atoms with Gasteiger partial charge in [-0.05, 0) is 61.4 Å². The Kier molecular flexibility index (Phi) is 6.02. The van der Waals surface area contributed by atoms with E-state index in [-0.39, 0.29) is 23.5 Å². The number of carbonyl (C=O) groups is 2. The van der Waals surface area contributed by atoms with Gasteiger partial charge in [0.1, 0.15) is 0 Å². The van der Waals surface area contributed by atoms with E-state index in [1.54, 1.807) is 24.3 Å². The largest absolute Gasteiger partial charge is 0.338 e. The summed E-state index contributed by atoms with van der Waals surface area (Å²) in [5.41, 5.74) is 2.80. The summed E-state index contributed by atoms with van der Waals surface area (Å²) < 4.78 is 1.83. The van der Waals surface area contributed by atoms with E-state index in [1.165, 1.54) is 0 Å². The maximum absolute atomic E-state index is 13.3. The molecule has 34 heavy (non-hydrogen) atoms. The van der Waals surface area contributed by atoms with Crippen LogP contribution in [0.25, 0.3) is 11.0 Å². The molecule has 7 nitrogen and oxygen atoms in total. The first-order valence-corrected chi connectivity index (χ1v) is 12.3. The number of benzene rings is 2. The molecule has 2 heterocycles. The zero-order valence-corrected chi connectivity index (χ0v) is 19.8. The second-order valence-corrected chi connectivity index (χ2v) is 10.1. The predicted molar refractivity (Wildman–Crippen MR) is 133 cm³/mol. The number of H-pyrrole nitrogens is 1. The number of imidazole rings is 1. The summed E-state index contributed by atoms with van der Waals surface area (Å²) in [6, 6.07) is 12.7. The van der Waals surface area contributed by atoms with Gasteiger partial charge in [0.05, 0.1) is 22.3 Å². The van der Waals surface area contributed by atoms with Crippen molar-refractivity contribution in [3.63, 3.8) is 0 Å². The first-order valence-electron chi connectivity index (χ1n) is 12.3. The fraction of sp³-hybridized carbons (Fsp3) is 0.444. The van der Waals surface area contributed by atoms with E-state index >= 15 is 0 Å². The summed E-state index contributed by atoms with van der Waals surface area (Å²) in [4.78, 5) is 43.8. The molecule has 1 saturated carbocycles. The minimum absolute atomic E-state index is 0.0530. The topological polar surface area (TPSA) is 87.2 Å². The van der Waals surface area contributed by atoms with Crippen molar-refractivity contribution in [1.29, 1.82) is 0 Å². The van der Waals surface area contributed by atoms with Gasteiger partial charge in [-0.25, -0.2) is 4.79 Å². The third-order valence-electron chi connectivity index (χ3n) is 7.23. The summed E-state index contributed by atoms with van der Waals surface area (Å²) in [5.74, 6) is 0.555. The molecule has 0 spiro atoms. The SMILES string of the molecule is CC1CC(C)CN(C(=O)c2ccccc2NC(=O)c2ccc3c(c2)[nH]c(=O)n3C2CCCC2)C1. The number of rotatable bonds is 4. The second-order valence-electron chi connectivity index (χ2n) is 10.1. The number of nitrogens with one attached hydrogen (secondary N) is 2. The van der Waals surface area contributed by atoms with Crippen molar-refractivity contribution in [2.45, 2.75) is 52.0 Å². The highest BCUT2D eigenvalue weighted by Crippen LogP contribution is 2.31. The number of para-hydroxylation sites is 1. The Morgan fingerprint density at radius 1 is 1.00 bits per heavy atom. The first-order chi connectivity index (χ1) is 16.4. The van der Waals surface area contributed by atoms with Gasteiger partial charge < -0.3 is 15.2 Å². The van der Waals surface area contributed by atoms with Crippen LogP contribution in [0.5, 0.6) is 0 Å². The van der Waals surface area contributed by atoms with Crippen molar-refractivity contribution in [2.75, 3.05) is 18.4 Å². The molecule has 1 aliphatic heterocycles. The van der Waals surface area contributed by atoms with Gasteiger partial charge in [-0.15, -0.1) is 0 Å². The quantitative estimate of drug-likeness (QED) is 0.585. The monoisotopic (exact) mass is 460 g/mol. The van der Waals surface area contributed by atoms with Crippen molar-refractivity contribution in [2.24, 2.45) is 11.8 Å². The van der Waals surface area contributed by atoms with Crippen LogP contribution in [-0.4, -0.2) is 39.4 Å². The number of hydrogen-bond donors (Lipinski definition) is 2. The van der Waals surface area contributed by atoms with Crippen LogP contribution in [-0.2, 0) is 0 Å². The zero-order chi connectivity index (χ0) is 23.8. The highest BCUT2D eigenvalue weighted by atomic mass is 16.2. The normalized spacial score (nSPS) is 21.2. The van der Waals surface area contributed by atoms with E-state index in [1.807, 2.05) is 27.7 Å². The van der Waals surface area contributed by atoms with E-state index in [9.17, 15) is 14.4 Å². The van der Waals surface area contributed by atoms with Crippen LogP contribution in [0.2, 0.25) is 0 Å². The standard InChI is InChI=1S/C27H32N4O3/c1-17-13-18(2)16-30(15-17)26(33)21-9-5-6-10-22(21)28-25(32)19-11-12-24-23(14-19)29-27(34)31(24)20-7-3-4-8-20/h5-6,9-12,14,17-18,20H,3-4,7-8,13,15-16H2,1-2H3,(H,28,32)(H,29,34). The van der Waals surface area contributed by atoms with E-state index in [2.05, 4.69) is 24.1 Å². The number of anilines is 1. The maximum atomic E-state index is 13.3. The van der Waals surface area contributed by atoms with E-state index in [0.717, 1.165) is 50.7 Å². The van der Waals surface area contributed by atoms with Crippen LogP contribution in [0.1, 0.15) is 72.7 Å². The number of aromatic nitrogens is 2. The molecule has 0 bridgehead atoms. The molecule has 2 amide bonds. The number of nitrogens with zero attached hydrogens (tertiary/aromatic N) is 2. The number of carbonyl (C=O) groups excluding carboxylic acids is 2. The average Bonchev–Trinajstić information content (AvgIpc) is 3.44. The molecule has 178 valence electrons. The Morgan fingerprint density at radius 3 is 2.44 bits per heavy atom. The number of likely N-dealkylation sites (tertiary alicyclic amines) is 1. The molecule has 2 aliphatic rings. The molecule has 1 saturated heterocycles. The van der Waals surface area contributed by atoms with Gasteiger partial charge in [-0.1, -0.05) is 38.8 Å². The first kappa shape index (κ1) is 22.4. The van der Waals surface area contributed by atoms with Crippen molar-refractivity contribution in [3.05, 3.63) is 64.1 Å². The number of hydrogen-bond acceptors (Lipinski definition) is 3. The second kappa shape index (κ2) is 9.12. The molecule has 0 radical (unpaired) electrons. The average molecular weight is 461 g/mol. The number of piperidine rings is 1. The molecular weight excluding hydrogens is 428 g/mol. The Bertz CT molecular complexity index is 1270. The fourth-order valence-electron chi connectivity index (χ4n) is 5.77. The van der Waals surface area contributed by atoms with Crippen LogP contribution in [0.4, 0.5) is 5.69 Å². The third-order valence-corrected chi connectivity index (χ3v) is 7.23. The smallest absolute Gasteiger partial charge is 0.326 e. The molecule has 2 fully saturated rings. The maximum Gasteiger partial charge on any atom is 0.326 e. The van der Waals surface area contributed by atoms with Crippen molar-refractivity contribution in [3.8, 4) is 0 Å². The molecule has 1 aromatic heterocycles. The van der Waals surface area contributed by atoms with Gasteiger partial charge in [0.15, 0.2) is 0 Å². The molecule has 2 aromatic carbocycles. The van der Waals surface area contributed by atoms with Crippen molar-refractivity contribution >= 4 is 28.5 Å². The van der Waals surface area contributed by atoms with E-state index in [0.29, 0.717) is 34.2 Å². The molecule has 7 heteroatoms. The highest BCUT2D eigenvalue weighted by molar-refractivity contribution is 6.10. The molecule has 2 atom stereocenters. The summed E-state index contributed by atoms with van der Waals surface area (Å²) in [6.45, 7) is 5.80. The van der Waals surface area contributed by atoms with Gasteiger partial charge in [-0.3, -0.25) is 14.2 Å². The Hall–Kier alpha value is -3.35. The summed E-state index contributed by atoms with van der Waals surface area (Å²) in [5, 5.41) is 2.93. The summed E-state index contributed by atoms with van der Waals surface area (Å²) in [6.07, 6.45) is 5.41. The molecule has 5 rings (SSSR count). The van der Waals surface area contributed by atoms with Gasteiger partial charge in [0.2, 0.25) is 0 Å². The number of fused-ring (bicyclic) bond motifs is 1. The Morgan fingerprint density at radius 2 is 1.71 bits per heavy atom. The van der Waals surface area contributed by atoms with Gasteiger partial charge in [-0.2, -0.15) is 0 Å². The van der Waals surface area contributed by atoms with Crippen LogP contribution >= 0.6 is 0 Å². The molecule has 3 aromatic rings. The predicted octanol–water partition coefficient (Wildman–Crippen LogP) is 4.82. The lowest BCUT2D eigenvalue weighted by Gasteiger charge is -2.35. The van der Waals surface area contributed by atoms with Crippen LogP contribution in [0.3, 0.4) is 0 Å². The van der Waals surface area contributed by atoms with Crippen LogP contribution in [0.15, 0.2) is 47.3 Å². The molecule has 1 aliphatic carbocycles. The number of aromatic amines is 1. The van der Waals surface area contributed by atoms with E-state index in [4.69, 9.17) is 0 Å². The minimum atomic E-state index is -0.308. The lowest BCUT2D eigenvalue weighted by atomic mass is 9.91. The summed E-state index contributed by atoms with van der Waals surface area (Å²) in [7, 11) is 0. The van der Waals surface area contributed by atoms with Crippen LogP contribution in [0, 0.1) is 11.8 Å². The van der Waals surface area contributed by atoms with Crippen molar-refractivity contribution < 1.29 is 9.59 Å². The van der Waals surface area contributed by atoms with E-state index < -0.39 is 0 Å². The zero-order valence-electron chi connectivity index (χ0n) is 19.8. The van der Waals surface area contributed by atoms with Gasteiger partial charge >= 0.3 is 5.69 Å². The highest BCUT2D eigenvalue weighted by Gasteiger charge is 2.28. The summed E-state index contributed by atoms with van der Waals surface area (Å²) >= 11 is 0. The van der Waals surface area contributed by atoms with Crippen LogP contribution < -0.4 is 11.0 Å². The Balaban J connectivity index is 1.39.